The van der Waals surface area contributed by atoms with Crippen molar-refractivity contribution in [1.82, 2.24) is 14.9 Å². The van der Waals surface area contributed by atoms with Crippen LogP contribution in [0.2, 0.25) is 0 Å². The van der Waals surface area contributed by atoms with Gasteiger partial charge in [0, 0.05) is 25.5 Å². The summed E-state index contributed by atoms with van der Waals surface area (Å²) in [5.74, 6) is 3.08. The van der Waals surface area contributed by atoms with Crippen LogP contribution in [0.25, 0.3) is 0 Å². The molecule has 120 valence electrons. The van der Waals surface area contributed by atoms with Gasteiger partial charge in [0.15, 0.2) is 0 Å². The van der Waals surface area contributed by atoms with Gasteiger partial charge < -0.3 is 19.4 Å². The predicted octanol–water partition coefficient (Wildman–Crippen LogP) is 2.77. The van der Waals surface area contributed by atoms with Crippen LogP contribution < -0.4 is 14.8 Å². The molecule has 22 heavy (non-hydrogen) atoms. The maximum Gasteiger partial charge on any atom is 0.130 e. The van der Waals surface area contributed by atoms with E-state index in [1.165, 1.54) is 0 Å². The van der Waals surface area contributed by atoms with Gasteiger partial charge in [-0.3, -0.25) is 0 Å². The number of aromatic nitrogens is 2. The highest BCUT2D eigenvalue weighted by molar-refractivity contribution is 5.41. The fourth-order valence-electron chi connectivity index (χ4n) is 2.36. The number of imidazole rings is 1. The highest BCUT2D eigenvalue weighted by atomic mass is 16.5. The molecule has 0 saturated carbocycles. The van der Waals surface area contributed by atoms with E-state index >= 15 is 0 Å². The Morgan fingerprint density at radius 3 is 2.23 bits per heavy atom. The van der Waals surface area contributed by atoms with Crippen LogP contribution in [0, 0.1) is 5.92 Å². The van der Waals surface area contributed by atoms with Crippen molar-refractivity contribution in [2.24, 2.45) is 13.0 Å². The lowest BCUT2D eigenvalue weighted by Crippen LogP contribution is -2.28. The molecule has 0 radical (unpaired) electrons. The molecule has 1 atom stereocenters. The second-order valence-corrected chi connectivity index (χ2v) is 5.78. The van der Waals surface area contributed by atoms with Gasteiger partial charge in [-0.25, -0.2) is 4.98 Å². The van der Waals surface area contributed by atoms with E-state index in [0.29, 0.717) is 5.92 Å². The monoisotopic (exact) mass is 303 g/mol. The van der Waals surface area contributed by atoms with E-state index in [4.69, 9.17) is 9.47 Å². The summed E-state index contributed by atoms with van der Waals surface area (Å²) >= 11 is 0. The third-order valence-corrected chi connectivity index (χ3v) is 3.55. The first-order chi connectivity index (χ1) is 10.5. The Morgan fingerprint density at radius 1 is 1.14 bits per heavy atom. The molecule has 0 saturated heterocycles. The molecule has 2 rings (SSSR count). The summed E-state index contributed by atoms with van der Waals surface area (Å²) in [4.78, 5) is 4.50. The van der Waals surface area contributed by atoms with Crippen molar-refractivity contribution < 1.29 is 9.47 Å². The molecule has 1 aromatic heterocycles. The van der Waals surface area contributed by atoms with Crippen LogP contribution in [0.1, 0.15) is 31.3 Å². The van der Waals surface area contributed by atoms with Crippen LogP contribution in [-0.2, 0) is 7.05 Å². The minimum absolute atomic E-state index is 0.00796. The molecule has 1 N–H and O–H groups in total. The third kappa shape index (κ3) is 3.80. The van der Waals surface area contributed by atoms with Crippen molar-refractivity contribution in [2.75, 3.05) is 20.8 Å². The molecular formula is C17H25N3O2. The Labute approximate surface area is 132 Å². The smallest absolute Gasteiger partial charge is 0.130 e. The van der Waals surface area contributed by atoms with Crippen LogP contribution >= 0.6 is 0 Å². The molecule has 1 heterocycles. The summed E-state index contributed by atoms with van der Waals surface area (Å²) in [5, 5.41) is 3.59. The molecule has 0 aliphatic carbocycles. The van der Waals surface area contributed by atoms with Crippen molar-refractivity contribution in [2.45, 2.75) is 19.9 Å². The lowest BCUT2D eigenvalue weighted by molar-refractivity contribution is 0.391. The van der Waals surface area contributed by atoms with Crippen LogP contribution in [0.5, 0.6) is 11.5 Å². The lowest BCUT2D eigenvalue weighted by atomic mass is 10.0. The second kappa shape index (κ2) is 7.31. The zero-order valence-corrected chi connectivity index (χ0v) is 14.0. The minimum Gasteiger partial charge on any atom is -0.497 e. The summed E-state index contributed by atoms with van der Waals surface area (Å²) in [5.41, 5.74) is 1.08. The summed E-state index contributed by atoms with van der Waals surface area (Å²) in [7, 11) is 5.33. The molecule has 5 heteroatoms. The van der Waals surface area contributed by atoms with Crippen LogP contribution in [0.3, 0.4) is 0 Å². The number of benzene rings is 1. The maximum absolute atomic E-state index is 5.39. The van der Waals surface area contributed by atoms with E-state index in [1.54, 1.807) is 14.2 Å². The quantitative estimate of drug-likeness (QED) is 0.854. The van der Waals surface area contributed by atoms with E-state index in [2.05, 4.69) is 24.1 Å². The first-order valence-corrected chi connectivity index (χ1v) is 7.48. The van der Waals surface area contributed by atoms with E-state index in [-0.39, 0.29) is 6.04 Å². The van der Waals surface area contributed by atoms with E-state index in [1.807, 2.05) is 42.2 Å². The van der Waals surface area contributed by atoms with Crippen molar-refractivity contribution >= 4 is 0 Å². The SMILES string of the molecule is COc1cc(OC)cc(C(NCC(C)C)c2nccn2C)c1. The molecule has 2 aromatic rings. The van der Waals surface area contributed by atoms with E-state index in [0.717, 1.165) is 29.4 Å². The molecular weight excluding hydrogens is 278 g/mol. The standard InChI is InChI=1S/C17H25N3O2/c1-12(2)11-19-16(17-18-6-7-20(17)3)13-8-14(21-4)10-15(9-13)22-5/h6-10,12,16,19H,11H2,1-5H3. The van der Waals surface area contributed by atoms with Crippen molar-refractivity contribution in [3.8, 4) is 11.5 Å². The summed E-state index contributed by atoms with van der Waals surface area (Å²) in [6.07, 6.45) is 3.77. The normalized spacial score (nSPS) is 12.5. The van der Waals surface area contributed by atoms with E-state index < -0.39 is 0 Å². The Hall–Kier alpha value is -2.01. The van der Waals surface area contributed by atoms with Gasteiger partial charge in [0.1, 0.15) is 17.3 Å². The molecule has 0 bridgehead atoms. The molecule has 0 aliphatic heterocycles. The van der Waals surface area contributed by atoms with Crippen molar-refractivity contribution in [1.29, 1.82) is 0 Å². The summed E-state index contributed by atoms with van der Waals surface area (Å²) in [6, 6.07) is 5.91. The van der Waals surface area contributed by atoms with Crippen LogP contribution in [0.4, 0.5) is 0 Å². The topological polar surface area (TPSA) is 48.3 Å². The van der Waals surface area contributed by atoms with Crippen LogP contribution in [0.15, 0.2) is 30.6 Å². The van der Waals surface area contributed by atoms with E-state index in [9.17, 15) is 0 Å². The molecule has 5 nitrogen and oxygen atoms in total. The third-order valence-electron chi connectivity index (χ3n) is 3.55. The summed E-state index contributed by atoms with van der Waals surface area (Å²) in [6.45, 7) is 5.28. The molecule has 0 fully saturated rings. The number of rotatable bonds is 7. The average molecular weight is 303 g/mol. The lowest BCUT2D eigenvalue weighted by Gasteiger charge is -2.21. The minimum atomic E-state index is -0.00796. The first kappa shape index (κ1) is 16.4. The zero-order chi connectivity index (χ0) is 16.1. The zero-order valence-electron chi connectivity index (χ0n) is 14.0. The van der Waals surface area contributed by atoms with Gasteiger partial charge in [-0.15, -0.1) is 0 Å². The van der Waals surface area contributed by atoms with Gasteiger partial charge in [-0.05, 0) is 30.2 Å². The fourth-order valence-corrected chi connectivity index (χ4v) is 2.36. The Balaban J connectivity index is 2.42. The molecule has 0 amide bonds. The van der Waals surface area contributed by atoms with Gasteiger partial charge in [-0.2, -0.15) is 0 Å². The average Bonchev–Trinajstić information content (AvgIpc) is 2.93. The summed E-state index contributed by atoms with van der Waals surface area (Å²) < 4.78 is 12.8. The largest absolute Gasteiger partial charge is 0.497 e. The fraction of sp³-hybridized carbons (Fsp3) is 0.471. The number of ether oxygens (including phenoxy) is 2. The van der Waals surface area contributed by atoms with Gasteiger partial charge in [0.25, 0.3) is 0 Å². The Kier molecular flexibility index (Phi) is 5.44. The van der Waals surface area contributed by atoms with Crippen LogP contribution in [-0.4, -0.2) is 30.3 Å². The number of aryl methyl sites for hydroxylation is 1. The number of nitrogens with one attached hydrogen (secondary N) is 1. The van der Waals surface area contributed by atoms with Gasteiger partial charge >= 0.3 is 0 Å². The van der Waals surface area contributed by atoms with Crippen molar-refractivity contribution in [3.63, 3.8) is 0 Å². The number of hydrogen-bond acceptors (Lipinski definition) is 4. The Morgan fingerprint density at radius 2 is 1.77 bits per heavy atom. The maximum atomic E-state index is 5.39. The number of hydrogen-bond donors (Lipinski definition) is 1. The van der Waals surface area contributed by atoms with Gasteiger partial charge in [-0.1, -0.05) is 13.8 Å². The molecule has 1 unspecified atom stereocenters. The first-order valence-electron chi connectivity index (χ1n) is 7.48. The predicted molar refractivity (Wildman–Crippen MR) is 87.4 cm³/mol. The highest BCUT2D eigenvalue weighted by Gasteiger charge is 2.20. The second-order valence-electron chi connectivity index (χ2n) is 5.78. The Bertz CT molecular complexity index is 585. The van der Waals surface area contributed by atoms with Crippen molar-refractivity contribution in [3.05, 3.63) is 42.0 Å². The molecule has 1 aromatic carbocycles. The van der Waals surface area contributed by atoms with Gasteiger partial charge in [0.2, 0.25) is 0 Å². The molecule has 0 spiro atoms. The number of nitrogens with zero attached hydrogens (tertiary/aromatic N) is 2. The van der Waals surface area contributed by atoms with Gasteiger partial charge in [0.05, 0.1) is 20.3 Å². The number of methoxy groups -OCH3 is 2. The highest BCUT2D eigenvalue weighted by Crippen LogP contribution is 2.29. The molecule has 0 aliphatic rings.